The molecular weight excluding hydrogens is 414 g/mol. The molecule has 1 saturated heterocycles. The van der Waals surface area contributed by atoms with Gasteiger partial charge in [-0.2, -0.15) is 0 Å². The molecule has 0 saturated carbocycles. The van der Waals surface area contributed by atoms with Crippen molar-refractivity contribution in [3.05, 3.63) is 43.2 Å². The Hall–Kier alpha value is -2.17. The summed E-state index contributed by atoms with van der Waals surface area (Å²) in [6.45, 7) is 5.20. The van der Waals surface area contributed by atoms with Gasteiger partial charge in [0.25, 0.3) is 11.8 Å². The molecule has 3 aromatic rings. The Labute approximate surface area is 174 Å². The topological polar surface area (TPSA) is 88.1 Å². The lowest BCUT2D eigenvalue weighted by Crippen LogP contribution is -2.37. The van der Waals surface area contributed by atoms with Gasteiger partial charge in [-0.1, -0.05) is 0 Å². The Morgan fingerprint density at radius 1 is 1.18 bits per heavy atom. The van der Waals surface area contributed by atoms with Crippen molar-refractivity contribution in [3.8, 4) is 0 Å². The lowest BCUT2D eigenvalue weighted by molar-refractivity contribution is 0.0717. The average Bonchev–Trinajstić information content (AvgIpc) is 3.42. The summed E-state index contributed by atoms with van der Waals surface area (Å²) in [5, 5.41) is 8.81. The van der Waals surface area contributed by atoms with Crippen LogP contribution in [0.3, 0.4) is 0 Å². The van der Waals surface area contributed by atoms with Crippen molar-refractivity contribution in [2.24, 2.45) is 0 Å². The first-order chi connectivity index (χ1) is 13.5. The third kappa shape index (κ3) is 3.98. The van der Waals surface area contributed by atoms with Crippen molar-refractivity contribution in [1.29, 1.82) is 0 Å². The molecule has 2 amide bonds. The molecule has 0 bridgehead atoms. The second-order valence-electron chi connectivity index (χ2n) is 6.58. The molecule has 0 spiro atoms. The lowest BCUT2D eigenvalue weighted by atomic mass is 9.97. The first-order valence-corrected chi connectivity index (χ1v) is 11.5. The number of rotatable bonds is 4. The quantitative estimate of drug-likeness (QED) is 0.673. The van der Waals surface area contributed by atoms with E-state index in [2.05, 4.69) is 20.3 Å². The number of anilines is 1. The number of aryl methyl sites for hydroxylation is 2. The molecule has 10 heteroatoms. The Morgan fingerprint density at radius 2 is 1.96 bits per heavy atom. The van der Waals surface area contributed by atoms with Crippen LogP contribution in [0.2, 0.25) is 0 Å². The van der Waals surface area contributed by atoms with E-state index in [1.807, 2.05) is 24.1 Å². The molecule has 0 unspecified atom stereocenters. The molecule has 0 aliphatic carbocycles. The minimum absolute atomic E-state index is 0.0733. The van der Waals surface area contributed by atoms with Crippen molar-refractivity contribution < 1.29 is 9.59 Å². The lowest BCUT2D eigenvalue weighted by Gasteiger charge is -2.30. The van der Waals surface area contributed by atoms with Crippen molar-refractivity contribution in [2.75, 3.05) is 18.4 Å². The molecule has 28 heavy (non-hydrogen) atoms. The Kier molecular flexibility index (Phi) is 5.51. The molecule has 0 atom stereocenters. The summed E-state index contributed by atoms with van der Waals surface area (Å²) in [7, 11) is 0. The first kappa shape index (κ1) is 19.2. The predicted molar refractivity (Wildman–Crippen MR) is 112 cm³/mol. The predicted octanol–water partition coefficient (Wildman–Crippen LogP) is 3.95. The van der Waals surface area contributed by atoms with Crippen LogP contribution in [0.25, 0.3) is 0 Å². The van der Waals surface area contributed by atoms with E-state index >= 15 is 0 Å². The van der Waals surface area contributed by atoms with Crippen molar-refractivity contribution in [3.63, 3.8) is 0 Å². The summed E-state index contributed by atoms with van der Waals surface area (Å²) in [5.41, 5.74) is 1.23. The highest BCUT2D eigenvalue weighted by molar-refractivity contribution is 7.14. The number of thiazole rings is 3. The number of nitrogens with zero attached hydrogens (tertiary/aromatic N) is 4. The SMILES string of the molecule is Cc1nc(C)c(C(=O)N2CCC(c3nc(C(=O)Nc4nccs4)cs3)CC2)s1. The number of nitrogens with one attached hydrogen (secondary N) is 1. The van der Waals surface area contributed by atoms with Crippen LogP contribution in [0.1, 0.15) is 54.6 Å². The van der Waals surface area contributed by atoms with Crippen LogP contribution >= 0.6 is 34.0 Å². The fourth-order valence-corrected chi connectivity index (χ4v) is 5.61. The molecule has 0 aromatic carbocycles. The van der Waals surface area contributed by atoms with E-state index in [1.165, 1.54) is 34.0 Å². The molecule has 1 aliphatic heterocycles. The second kappa shape index (κ2) is 8.06. The molecule has 1 aliphatic rings. The fraction of sp³-hybridized carbons (Fsp3) is 0.389. The van der Waals surface area contributed by atoms with Gasteiger partial charge in [-0.25, -0.2) is 15.0 Å². The molecule has 3 aromatic heterocycles. The fourth-order valence-electron chi connectivity index (χ4n) is 3.23. The Morgan fingerprint density at radius 3 is 2.61 bits per heavy atom. The van der Waals surface area contributed by atoms with Crippen molar-refractivity contribution in [2.45, 2.75) is 32.6 Å². The van der Waals surface area contributed by atoms with E-state index in [9.17, 15) is 9.59 Å². The average molecular weight is 434 g/mol. The van der Waals surface area contributed by atoms with Gasteiger partial charge in [0.1, 0.15) is 10.6 Å². The van der Waals surface area contributed by atoms with Gasteiger partial charge in [0, 0.05) is 36.0 Å². The van der Waals surface area contributed by atoms with E-state index < -0.39 is 0 Å². The first-order valence-electron chi connectivity index (χ1n) is 8.91. The number of likely N-dealkylation sites (tertiary alicyclic amines) is 1. The summed E-state index contributed by atoms with van der Waals surface area (Å²) in [4.78, 5) is 40.6. The van der Waals surface area contributed by atoms with E-state index in [-0.39, 0.29) is 17.7 Å². The monoisotopic (exact) mass is 433 g/mol. The smallest absolute Gasteiger partial charge is 0.276 e. The highest BCUT2D eigenvalue weighted by atomic mass is 32.1. The van der Waals surface area contributed by atoms with Gasteiger partial charge in [0.15, 0.2) is 5.13 Å². The summed E-state index contributed by atoms with van der Waals surface area (Å²) in [6, 6.07) is 0. The van der Waals surface area contributed by atoms with Crippen molar-refractivity contribution >= 4 is 51.0 Å². The van der Waals surface area contributed by atoms with Crippen LogP contribution in [0.15, 0.2) is 17.0 Å². The van der Waals surface area contributed by atoms with Gasteiger partial charge in [-0.15, -0.1) is 34.0 Å². The number of piperidine rings is 1. The highest BCUT2D eigenvalue weighted by Gasteiger charge is 2.28. The number of hydrogen-bond acceptors (Lipinski definition) is 8. The Bertz CT molecular complexity index is 987. The second-order valence-corrected chi connectivity index (χ2v) is 9.56. The number of hydrogen-bond donors (Lipinski definition) is 1. The molecule has 146 valence electrons. The van der Waals surface area contributed by atoms with E-state index in [4.69, 9.17) is 0 Å². The largest absolute Gasteiger partial charge is 0.338 e. The van der Waals surface area contributed by atoms with Gasteiger partial charge >= 0.3 is 0 Å². The molecule has 0 radical (unpaired) electrons. The van der Waals surface area contributed by atoms with E-state index in [0.29, 0.717) is 23.9 Å². The van der Waals surface area contributed by atoms with E-state index in [1.54, 1.807) is 11.6 Å². The van der Waals surface area contributed by atoms with Gasteiger partial charge in [0.2, 0.25) is 0 Å². The Balaban J connectivity index is 1.36. The maximum absolute atomic E-state index is 12.7. The van der Waals surface area contributed by atoms with Gasteiger partial charge in [-0.3, -0.25) is 14.9 Å². The summed E-state index contributed by atoms with van der Waals surface area (Å²) < 4.78 is 0. The molecule has 1 fully saturated rings. The number of amides is 2. The zero-order valence-corrected chi connectivity index (χ0v) is 17.9. The molecule has 4 rings (SSSR count). The standard InChI is InChI=1S/C18H19N5O2S3/c1-10-14(28-11(2)20-10)17(25)23-6-3-12(4-7-23)16-21-13(9-27-16)15(24)22-18-19-5-8-26-18/h5,8-9,12H,3-4,6-7H2,1-2H3,(H,19,22,24). The van der Waals surface area contributed by atoms with Crippen LogP contribution in [0, 0.1) is 13.8 Å². The van der Waals surface area contributed by atoms with Crippen LogP contribution in [0.5, 0.6) is 0 Å². The number of carbonyl (C=O) groups excluding carboxylic acids is 2. The van der Waals surface area contributed by atoms with Gasteiger partial charge in [-0.05, 0) is 26.7 Å². The van der Waals surface area contributed by atoms with Crippen LogP contribution < -0.4 is 5.32 Å². The third-order valence-corrected chi connectivity index (χ3v) is 7.39. The minimum atomic E-state index is -0.235. The number of aromatic nitrogens is 3. The van der Waals surface area contributed by atoms with Gasteiger partial charge in [0.05, 0.1) is 15.7 Å². The summed E-state index contributed by atoms with van der Waals surface area (Å²) >= 11 is 4.34. The highest BCUT2D eigenvalue weighted by Crippen LogP contribution is 2.32. The molecule has 7 nitrogen and oxygen atoms in total. The van der Waals surface area contributed by atoms with Gasteiger partial charge < -0.3 is 4.90 Å². The third-order valence-electron chi connectivity index (χ3n) is 4.64. The van der Waals surface area contributed by atoms with Crippen LogP contribution in [-0.2, 0) is 0 Å². The molecular formula is C18H19N5O2S3. The minimum Gasteiger partial charge on any atom is -0.338 e. The zero-order valence-electron chi connectivity index (χ0n) is 15.5. The molecule has 1 N–H and O–H groups in total. The van der Waals surface area contributed by atoms with E-state index in [0.717, 1.165) is 33.4 Å². The maximum Gasteiger partial charge on any atom is 0.276 e. The normalized spacial score (nSPS) is 15.0. The molecule has 4 heterocycles. The summed E-state index contributed by atoms with van der Waals surface area (Å²) in [5.74, 6) is 0.116. The zero-order chi connectivity index (χ0) is 19.7. The van der Waals surface area contributed by atoms with Crippen molar-refractivity contribution in [1.82, 2.24) is 19.9 Å². The summed E-state index contributed by atoms with van der Waals surface area (Å²) in [6.07, 6.45) is 3.35. The van der Waals surface area contributed by atoms with Crippen LogP contribution in [-0.4, -0.2) is 44.8 Å². The van der Waals surface area contributed by atoms with Crippen LogP contribution in [0.4, 0.5) is 5.13 Å². The maximum atomic E-state index is 12.7. The number of carbonyl (C=O) groups is 2.